The molecular formula is C6H5F2NO3. The zero-order valence-corrected chi connectivity index (χ0v) is 6.04. The highest BCUT2D eigenvalue weighted by molar-refractivity contribution is 5.76. The largest absolute Gasteiger partial charge is 0.476 e. The molecule has 0 spiro atoms. The van der Waals surface area contributed by atoms with E-state index >= 15 is 0 Å². The molecule has 0 bridgehead atoms. The molecule has 0 atom stereocenters. The van der Waals surface area contributed by atoms with Crippen molar-refractivity contribution in [2.24, 2.45) is 0 Å². The molecule has 0 unspecified atom stereocenters. The minimum atomic E-state index is -4.00. The average Bonchev–Trinajstić information content (AvgIpc) is 2.35. The number of aliphatic carboxylic acids is 1. The van der Waals surface area contributed by atoms with Gasteiger partial charge >= 0.3 is 11.9 Å². The summed E-state index contributed by atoms with van der Waals surface area (Å²) in [6.07, 6.45) is 0. The highest BCUT2D eigenvalue weighted by atomic mass is 19.3. The molecule has 0 aliphatic rings. The molecule has 1 aromatic heterocycles. The van der Waals surface area contributed by atoms with E-state index in [1.54, 1.807) is 0 Å². The second kappa shape index (κ2) is 2.54. The van der Waals surface area contributed by atoms with Gasteiger partial charge in [-0.3, -0.25) is 0 Å². The van der Waals surface area contributed by atoms with Gasteiger partial charge in [0.25, 0.3) is 0 Å². The quantitative estimate of drug-likeness (QED) is 0.736. The van der Waals surface area contributed by atoms with Crippen LogP contribution in [0, 0.1) is 6.92 Å². The molecule has 0 saturated carbocycles. The van der Waals surface area contributed by atoms with E-state index in [1.165, 1.54) is 6.92 Å². The molecule has 0 radical (unpaired) electrons. The van der Waals surface area contributed by atoms with Crippen LogP contribution >= 0.6 is 0 Å². The van der Waals surface area contributed by atoms with Crippen LogP contribution in [0.4, 0.5) is 8.78 Å². The fourth-order valence-corrected chi connectivity index (χ4v) is 0.617. The van der Waals surface area contributed by atoms with Crippen LogP contribution in [0.2, 0.25) is 0 Å². The lowest BCUT2D eigenvalue weighted by Crippen LogP contribution is -2.24. The molecule has 4 nitrogen and oxygen atoms in total. The van der Waals surface area contributed by atoms with Gasteiger partial charge in [-0.1, -0.05) is 5.16 Å². The SMILES string of the molecule is Cc1cc(C(F)(F)C(=O)O)on1. The van der Waals surface area contributed by atoms with Crippen LogP contribution in [0.15, 0.2) is 10.6 Å². The summed E-state index contributed by atoms with van der Waals surface area (Å²) in [7, 11) is 0. The number of carboxylic acid groups (broad SMARTS) is 1. The maximum Gasteiger partial charge on any atom is 0.401 e. The Kier molecular flexibility index (Phi) is 1.83. The van der Waals surface area contributed by atoms with Crippen LogP contribution in [-0.2, 0) is 10.7 Å². The van der Waals surface area contributed by atoms with Crippen LogP contribution in [-0.4, -0.2) is 16.2 Å². The van der Waals surface area contributed by atoms with E-state index in [0.29, 0.717) is 0 Å². The first-order valence-electron chi connectivity index (χ1n) is 2.99. The molecular weight excluding hydrogens is 172 g/mol. The topological polar surface area (TPSA) is 63.3 Å². The average molecular weight is 177 g/mol. The number of carboxylic acids is 1. The molecule has 1 aromatic rings. The summed E-state index contributed by atoms with van der Waals surface area (Å²) in [4.78, 5) is 9.99. The van der Waals surface area contributed by atoms with Gasteiger partial charge in [0.15, 0.2) is 0 Å². The van der Waals surface area contributed by atoms with Crippen molar-refractivity contribution in [1.29, 1.82) is 0 Å². The smallest absolute Gasteiger partial charge is 0.401 e. The van der Waals surface area contributed by atoms with E-state index in [2.05, 4.69) is 9.68 Å². The molecule has 1 rings (SSSR count). The number of hydrogen-bond acceptors (Lipinski definition) is 3. The Morgan fingerprint density at radius 3 is 2.67 bits per heavy atom. The number of alkyl halides is 2. The summed E-state index contributed by atoms with van der Waals surface area (Å²) >= 11 is 0. The lowest BCUT2D eigenvalue weighted by Gasteiger charge is -2.04. The molecule has 12 heavy (non-hydrogen) atoms. The van der Waals surface area contributed by atoms with E-state index in [9.17, 15) is 13.6 Å². The molecule has 0 aliphatic heterocycles. The van der Waals surface area contributed by atoms with E-state index in [0.717, 1.165) is 6.07 Å². The normalized spacial score (nSPS) is 11.6. The second-order valence-corrected chi connectivity index (χ2v) is 2.21. The van der Waals surface area contributed by atoms with Gasteiger partial charge in [0, 0.05) is 6.07 Å². The highest BCUT2D eigenvalue weighted by Gasteiger charge is 2.45. The van der Waals surface area contributed by atoms with Crippen molar-refractivity contribution < 1.29 is 23.2 Å². The molecule has 0 saturated heterocycles. The first-order chi connectivity index (χ1) is 5.44. The third kappa shape index (κ3) is 1.27. The maximum absolute atomic E-state index is 12.6. The fourth-order valence-electron chi connectivity index (χ4n) is 0.617. The lowest BCUT2D eigenvalue weighted by atomic mass is 10.2. The van der Waals surface area contributed by atoms with Crippen molar-refractivity contribution >= 4 is 5.97 Å². The Morgan fingerprint density at radius 1 is 1.75 bits per heavy atom. The third-order valence-electron chi connectivity index (χ3n) is 1.21. The van der Waals surface area contributed by atoms with Gasteiger partial charge in [-0.15, -0.1) is 0 Å². The lowest BCUT2D eigenvalue weighted by molar-refractivity contribution is -0.169. The molecule has 0 amide bonds. The number of halogens is 2. The van der Waals surface area contributed by atoms with Gasteiger partial charge in [-0.25, -0.2) is 4.79 Å². The van der Waals surface area contributed by atoms with Crippen LogP contribution in [0.1, 0.15) is 11.5 Å². The van der Waals surface area contributed by atoms with Gasteiger partial charge in [-0.2, -0.15) is 8.78 Å². The fraction of sp³-hybridized carbons (Fsp3) is 0.333. The Hall–Kier alpha value is -1.46. The van der Waals surface area contributed by atoms with Gasteiger partial charge in [-0.05, 0) is 6.92 Å². The Labute approximate surface area is 65.8 Å². The first-order valence-corrected chi connectivity index (χ1v) is 2.99. The molecule has 0 aliphatic carbocycles. The van der Waals surface area contributed by atoms with E-state index in [1.807, 2.05) is 0 Å². The minimum absolute atomic E-state index is 0.214. The number of rotatable bonds is 2. The standard InChI is InChI=1S/C6H5F2NO3/c1-3-2-4(12-9-3)6(7,8)5(10)11/h2H,1H3,(H,10,11). The van der Waals surface area contributed by atoms with Gasteiger partial charge in [0.2, 0.25) is 5.76 Å². The molecule has 1 N–H and O–H groups in total. The van der Waals surface area contributed by atoms with Crippen LogP contribution in [0.25, 0.3) is 0 Å². The molecule has 0 aromatic carbocycles. The number of hydrogen-bond donors (Lipinski definition) is 1. The summed E-state index contributed by atoms with van der Waals surface area (Å²) < 4.78 is 29.2. The molecule has 0 fully saturated rings. The van der Waals surface area contributed by atoms with Crippen LogP contribution in [0.5, 0.6) is 0 Å². The molecule has 1 heterocycles. The van der Waals surface area contributed by atoms with Crippen molar-refractivity contribution in [3.05, 3.63) is 17.5 Å². The summed E-state index contributed by atoms with van der Waals surface area (Å²) in [6, 6.07) is 0.883. The van der Waals surface area contributed by atoms with Crippen molar-refractivity contribution in [2.75, 3.05) is 0 Å². The summed E-state index contributed by atoms with van der Waals surface area (Å²) in [6.45, 7) is 1.42. The van der Waals surface area contributed by atoms with E-state index in [4.69, 9.17) is 5.11 Å². The van der Waals surface area contributed by atoms with Gasteiger partial charge in [0.1, 0.15) is 0 Å². The Morgan fingerprint density at radius 2 is 2.33 bits per heavy atom. The summed E-state index contributed by atoms with van der Waals surface area (Å²) in [5, 5.41) is 11.2. The second-order valence-electron chi connectivity index (χ2n) is 2.21. The number of aromatic nitrogens is 1. The number of aryl methyl sites for hydroxylation is 1. The van der Waals surface area contributed by atoms with E-state index < -0.39 is 17.7 Å². The molecule has 6 heteroatoms. The Balaban J connectivity index is 3.05. The maximum atomic E-state index is 12.6. The predicted molar refractivity (Wildman–Crippen MR) is 32.8 cm³/mol. The number of carbonyl (C=O) groups is 1. The number of nitrogens with zero attached hydrogens (tertiary/aromatic N) is 1. The first kappa shape index (κ1) is 8.63. The zero-order chi connectivity index (χ0) is 9.35. The van der Waals surface area contributed by atoms with Crippen molar-refractivity contribution in [1.82, 2.24) is 5.16 Å². The zero-order valence-electron chi connectivity index (χ0n) is 6.04. The summed E-state index contributed by atoms with van der Waals surface area (Å²) in [5.74, 6) is -7.20. The predicted octanol–water partition coefficient (Wildman–Crippen LogP) is 1.16. The van der Waals surface area contributed by atoms with Gasteiger partial charge in [0.05, 0.1) is 5.69 Å². The van der Waals surface area contributed by atoms with E-state index in [-0.39, 0.29) is 5.69 Å². The monoisotopic (exact) mass is 177 g/mol. The minimum Gasteiger partial charge on any atom is -0.476 e. The Bertz CT molecular complexity index is 307. The van der Waals surface area contributed by atoms with Crippen LogP contribution in [0.3, 0.4) is 0 Å². The summed E-state index contributed by atoms with van der Waals surface area (Å²) in [5.41, 5.74) is 0.214. The van der Waals surface area contributed by atoms with Crippen molar-refractivity contribution in [3.63, 3.8) is 0 Å². The molecule has 66 valence electrons. The highest BCUT2D eigenvalue weighted by Crippen LogP contribution is 2.28. The third-order valence-corrected chi connectivity index (χ3v) is 1.21. The van der Waals surface area contributed by atoms with Crippen molar-refractivity contribution in [2.45, 2.75) is 12.8 Å². The van der Waals surface area contributed by atoms with Crippen LogP contribution < -0.4 is 0 Å². The van der Waals surface area contributed by atoms with Gasteiger partial charge < -0.3 is 9.63 Å². The van der Waals surface area contributed by atoms with Crippen molar-refractivity contribution in [3.8, 4) is 0 Å².